The third kappa shape index (κ3) is 0.888. The molecule has 1 aromatic heterocycles. The van der Waals surface area contributed by atoms with E-state index in [1.165, 1.54) is 6.07 Å². The number of hydrogen-bond donors (Lipinski definition) is 0. The first-order valence-electron chi connectivity index (χ1n) is 5.02. The van der Waals surface area contributed by atoms with Crippen molar-refractivity contribution in [2.45, 2.75) is 0 Å². The molecule has 1 aromatic carbocycles. The molecule has 2 aromatic rings. The molecule has 0 saturated carbocycles. The van der Waals surface area contributed by atoms with Crippen LogP contribution in [0.2, 0.25) is 0 Å². The van der Waals surface area contributed by atoms with E-state index in [0.717, 1.165) is 16.6 Å². The number of pyridine rings is 1. The van der Waals surface area contributed by atoms with Gasteiger partial charge in [-0.15, -0.1) is 0 Å². The maximum absolute atomic E-state index is 11.9. The lowest BCUT2D eigenvalue weighted by molar-refractivity contribution is 0.0999. The van der Waals surface area contributed by atoms with Crippen LogP contribution >= 0.6 is 0 Å². The Morgan fingerprint density at radius 3 is 2.62 bits per heavy atom. The second-order valence-electron chi connectivity index (χ2n) is 3.99. The minimum absolute atomic E-state index is 0.108. The van der Waals surface area contributed by atoms with Crippen LogP contribution in [0.5, 0.6) is 0 Å². The average molecular weight is 214 g/mol. The van der Waals surface area contributed by atoms with Gasteiger partial charge in [0.25, 0.3) is 11.5 Å². The standard InChI is InChI=1S/C12H10N2O2/c1-13-8-4-3-5-9-11(8)7(6-10(13)15)12(16)14(9)2/h3-6H,1-2H3. The molecule has 0 aliphatic carbocycles. The number of benzene rings is 1. The number of rotatable bonds is 0. The second kappa shape index (κ2) is 2.72. The molecule has 0 spiro atoms. The normalized spacial score (nSPS) is 13.9. The van der Waals surface area contributed by atoms with Crippen molar-refractivity contribution in [1.82, 2.24) is 4.57 Å². The fourth-order valence-corrected chi connectivity index (χ4v) is 2.23. The largest absolute Gasteiger partial charge is 0.311 e. The molecular formula is C12H10N2O2. The Bertz CT molecular complexity index is 685. The molecule has 0 unspecified atom stereocenters. The maximum atomic E-state index is 11.9. The first-order valence-corrected chi connectivity index (χ1v) is 5.02. The average Bonchev–Trinajstić information content (AvgIpc) is 2.53. The molecule has 16 heavy (non-hydrogen) atoms. The lowest BCUT2D eigenvalue weighted by atomic mass is 10.1. The van der Waals surface area contributed by atoms with Gasteiger partial charge in [-0.3, -0.25) is 9.59 Å². The topological polar surface area (TPSA) is 42.3 Å². The van der Waals surface area contributed by atoms with Crippen molar-refractivity contribution in [2.75, 3.05) is 11.9 Å². The van der Waals surface area contributed by atoms with Gasteiger partial charge in [0.2, 0.25) is 0 Å². The highest BCUT2D eigenvalue weighted by atomic mass is 16.2. The molecule has 4 nitrogen and oxygen atoms in total. The summed E-state index contributed by atoms with van der Waals surface area (Å²) in [4.78, 5) is 25.2. The van der Waals surface area contributed by atoms with E-state index in [0.29, 0.717) is 5.56 Å². The van der Waals surface area contributed by atoms with Crippen LogP contribution in [-0.2, 0) is 7.05 Å². The predicted molar refractivity (Wildman–Crippen MR) is 61.9 cm³/mol. The van der Waals surface area contributed by atoms with Gasteiger partial charge in [-0.2, -0.15) is 0 Å². The predicted octanol–water partition coefficient (Wildman–Crippen LogP) is 1.13. The molecule has 0 fully saturated rings. The van der Waals surface area contributed by atoms with Gasteiger partial charge < -0.3 is 9.47 Å². The van der Waals surface area contributed by atoms with Gasteiger partial charge in [-0.25, -0.2) is 0 Å². The molecule has 0 saturated heterocycles. The number of carbonyl (C=O) groups excluding carboxylic acids is 1. The molecule has 1 amide bonds. The highest BCUT2D eigenvalue weighted by molar-refractivity contribution is 6.24. The molecule has 1 aliphatic rings. The molecular weight excluding hydrogens is 204 g/mol. The van der Waals surface area contributed by atoms with Gasteiger partial charge in [0.1, 0.15) is 0 Å². The zero-order valence-electron chi connectivity index (χ0n) is 9.02. The van der Waals surface area contributed by atoms with Crippen LogP contribution in [0.25, 0.3) is 10.9 Å². The number of anilines is 1. The fraction of sp³-hybridized carbons (Fsp3) is 0.167. The zero-order valence-corrected chi connectivity index (χ0v) is 9.02. The third-order valence-electron chi connectivity index (χ3n) is 3.15. The Kier molecular flexibility index (Phi) is 1.56. The molecule has 4 heteroatoms. The zero-order chi connectivity index (χ0) is 11.4. The maximum Gasteiger partial charge on any atom is 0.258 e. The van der Waals surface area contributed by atoms with Gasteiger partial charge in [-0.1, -0.05) is 6.07 Å². The smallest absolute Gasteiger partial charge is 0.258 e. The molecule has 3 rings (SSSR count). The van der Waals surface area contributed by atoms with Crippen LogP contribution in [0.15, 0.2) is 29.1 Å². The molecule has 1 aliphatic heterocycles. The van der Waals surface area contributed by atoms with E-state index in [2.05, 4.69) is 0 Å². The van der Waals surface area contributed by atoms with Crippen molar-refractivity contribution in [1.29, 1.82) is 0 Å². The van der Waals surface area contributed by atoms with Crippen molar-refractivity contribution in [2.24, 2.45) is 7.05 Å². The highest BCUT2D eigenvalue weighted by Gasteiger charge is 2.28. The van der Waals surface area contributed by atoms with Crippen molar-refractivity contribution in [3.05, 3.63) is 40.2 Å². The van der Waals surface area contributed by atoms with Gasteiger partial charge in [0, 0.05) is 25.5 Å². The number of aromatic nitrogens is 1. The summed E-state index contributed by atoms with van der Waals surface area (Å²) in [5, 5.41) is 0.872. The summed E-state index contributed by atoms with van der Waals surface area (Å²) in [6.45, 7) is 0. The number of hydrogen-bond acceptors (Lipinski definition) is 2. The van der Waals surface area contributed by atoms with Gasteiger partial charge in [0.15, 0.2) is 0 Å². The van der Waals surface area contributed by atoms with Crippen molar-refractivity contribution >= 4 is 22.5 Å². The van der Waals surface area contributed by atoms with E-state index in [4.69, 9.17) is 0 Å². The molecule has 0 bridgehead atoms. The van der Waals surface area contributed by atoms with E-state index in [1.54, 1.807) is 23.6 Å². The van der Waals surface area contributed by atoms with Crippen LogP contribution in [-0.4, -0.2) is 17.5 Å². The van der Waals surface area contributed by atoms with Gasteiger partial charge >= 0.3 is 0 Å². The Balaban J connectivity index is 2.63. The van der Waals surface area contributed by atoms with Crippen molar-refractivity contribution in [3.63, 3.8) is 0 Å². The first kappa shape index (κ1) is 9.15. The number of carbonyl (C=O) groups is 1. The Hall–Kier alpha value is -2.10. The van der Waals surface area contributed by atoms with Gasteiger partial charge in [-0.05, 0) is 12.1 Å². The van der Waals surface area contributed by atoms with Crippen molar-refractivity contribution < 1.29 is 4.79 Å². The van der Waals surface area contributed by atoms with E-state index < -0.39 is 0 Å². The Morgan fingerprint density at radius 1 is 1.12 bits per heavy atom. The number of amides is 1. The molecule has 0 radical (unpaired) electrons. The molecule has 2 heterocycles. The monoisotopic (exact) mass is 214 g/mol. The minimum Gasteiger partial charge on any atom is -0.311 e. The highest BCUT2D eigenvalue weighted by Crippen LogP contribution is 2.34. The van der Waals surface area contributed by atoms with Gasteiger partial charge in [0.05, 0.1) is 16.8 Å². The minimum atomic E-state index is -0.150. The molecule has 80 valence electrons. The fourth-order valence-electron chi connectivity index (χ4n) is 2.23. The Labute approximate surface area is 91.7 Å². The first-order chi connectivity index (χ1) is 7.61. The lowest BCUT2D eigenvalue weighted by Crippen LogP contribution is -2.22. The number of aryl methyl sites for hydroxylation is 1. The quantitative estimate of drug-likeness (QED) is 0.659. The van der Waals surface area contributed by atoms with E-state index in [9.17, 15) is 9.59 Å². The molecule has 0 atom stereocenters. The van der Waals surface area contributed by atoms with E-state index in [-0.39, 0.29) is 11.5 Å². The Morgan fingerprint density at radius 2 is 1.88 bits per heavy atom. The second-order valence-corrected chi connectivity index (χ2v) is 3.99. The van der Waals surface area contributed by atoms with Crippen LogP contribution in [0, 0.1) is 0 Å². The van der Waals surface area contributed by atoms with Crippen LogP contribution in [0.3, 0.4) is 0 Å². The lowest BCUT2D eigenvalue weighted by Gasteiger charge is -2.09. The van der Waals surface area contributed by atoms with Crippen molar-refractivity contribution in [3.8, 4) is 0 Å². The summed E-state index contributed by atoms with van der Waals surface area (Å²) >= 11 is 0. The summed E-state index contributed by atoms with van der Waals surface area (Å²) in [5.74, 6) is -0.108. The van der Waals surface area contributed by atoms with Crippen LogP contribution < -0.4 is 10.5 Å². The van der Waals surface area contributed by atoms with E-state index >= 15 is 0 Å². The summed E-state index contributed by atoms with van der Waals surface area (Å²) < 4.78 is 1.56. The van der Waals surface area contributed by atoms with Crippen LogP contribution in [0.4, 0.5) is 5.69 Å². The van der Waals surface area contributed by atoms with E-state index in [1.807, 2.05) is 18.2 Å². The number of nitrogens with zero attached hydrogens (tertiary/aromatic N) is 2. The third-order valence-corrected chi connectivity index (χ3v) is 3.15. The summed E-state index contributed by atoms with van der Waals surface area (Å²) in [5.41, 5.74) is 2.03. The summed E-state index contributed by atoms with van der Waals surface area (Å²) in [7, 11) is 3.44. The van der Waals surface area contributed by atoms with Crippen LogP contribution in [0.1, 0.15) is 10.4 Å². The molecule has 0 N–H and O–H groups in total. The SMILES string of the molecule is CN1C(=O)c2cc(=O)n(C)c3cccc1c23. The summed E-state index contributed by atoms with van der Waals surface area (Å²) in [6.07, 6.45) is 0. The summed E-state index contributed by atoms with van der Waals surface area (Å²) in [6, 6.07) is 7.02.